The number of oxazole rings is 1. The number of amides is 10. The molecule has 2 aromatic carbocycles. The summed E-state index contributed by atoms with van der Waals surface area (Å²) >= 11 is 5.94. The van der Waals surface area contributed by atoms with Crippen molar-refractivity contribution in [1.82, 2.24) is 71.6 Å². The second-order valence-electron chi connectivity index (χ2n) is 23.7. The third-order valence-corrected chi connectivity index (χ3v) is 21.5. The van der Waals surface area contributed by atoms with E-state index in [1.165, 1.54) is 76.1 Å². The Labute approximate surface area is 589 Å². The summed E-state index contributed by atoms with van der Waals surface area (Å²) in [7, 11) is 0. The van der Waals surface area contributed by atoms with E-state index in [9.17, 15) is 48.3 Å². The number of fused-ring (bicyclic) bond motifs is 15. The highest BCUT2D eigenvalue weighted by Gasteiger charge is 2.41. The summed E-state index contributed by atoms with van der Waals surface area (Å²) in [5.74, 6) is -6.72. The van der Waals surface area contributed by atoms with E-state index in [0.29, 0.717) is 57.8 Å². The predicted molar refractivity (Wildman–Crippen MR) is 372 cm³/mol. The molecular formula is C66H63N17O12S5. The number of aliphatic imine (C=N–C) groups is 1. The van der Waals surface area contributed by atoms with Crippen molar-refractivity contribution >= 4 is 121 Å². The van der Waals surface area contributed by atoms with Gasteiger partial charge >= 0.3 is 0 Å². The molecule has 6 aromatic heterocycles. The average Bonchev–Trinajstić information content (AvgIpc) is 1.62. The number of likely N-dealkylation sites (tertiary alicyclic amines) is 1. The van der Waals surface area contributed by atoms with Crippen LogP contribution in [0.5, 0.6) is 5.75 Å². The van der Waals surface area contributed by atoms with Crippen molar-refractivity contribution in [2.45, 2.75) is 101 Å². The summed E-state index contributed by atoms with van der Waals surface area (Å²) in [5.41, 5.74) is 12.9. The first-order valence-corrected chi connectivity index (χ1v) is 35.8. The molecule has 4 aliphatic heterocycles. The van der Waals surface area contributed by atoms with Gasteiger partial charge in [0.25, 0.3) is 29.5 Å². The van der Waals surface area contributed by atoms with Crippen molar-refractivity contribution in [1.29, 1.82) is 0 Å². The maximum atomic E-state index is 15.1. The van der Waals surface area contributed by atoms with Crippen LogP contribution >= 0.6 is 57.1 Å². The Balaban J connectivity index is 0.852. The summed E-state index contributed by atoms with van der Waals surface area (Å²) in [4.78, 5) is 173. The number of benzene rings is 2. The maximum absolute atomic E-state index is 15.1. The number of nitrogens with two attached hydrogens (primary N) is 2. The Morgan fingerprint density at radius 3 is 2.16 bits per heavy atom. The van der Waals surface area contributed by atoms with E-state index in [-0.39, 0.29) is 105 Å². The molecule has 11 N–H and O–H groups in total. The zero-order valence-corrected chi connectivity index (χ0v) is 57.4. The van der Waals surface area contributed by atoms with Crippen LogP contribution in [0.1, 0.15) is 109 Å². The normalized spacial score (nSPS) is 19.6. The number of primary amides is 2. The van der Waals surface area contributed by atoms with Crippen molar-refractivity contribution in [2.24, 2.45) is 16.5 Å². The number of phenolic OH excluding ortho intramolecular Hbond substituents is 1. The zero-order valence-electron chi connectivity index (χ0n) is 53.3. The molecule has 0 radical (unpaired) electrons. The standard InChI is InChI=1S/C66H63N17O12S5/c1-30(52(68)86)69-57(91)47-12-8-20-82(47)65(93)32(3)71-53(87)31(2)70-54(88)43-26-97-60(77-43)38-19-18-37-51(72-38)42-25-96-63(76-42)46-29-100-64(80-46)48-13-9-21-83(48)66(94)41(23-35-14-16-36(84)17-15-35)75-56(90)45-28-98-61(78-45)39(22-34-10-6-5-7-11-34)73-55(89)44-27-99-62(79-44)40(24-49(67)85)74-58(92)50-33(4)95-59(37)81-50/h5-7,10-11,14-19,25-27,29,32,39-41,45,47-48,84H,1-2,8-9,12-13,20-24,28H2,3-4H3,(H2,67,85)(H2,68,86)(H,69,91)(H,70,88)(H,71,87)(H,73,89)(H,74,92)(H,75,90)/t32-,39-,40-,41-,45?,47-,48-/m0/s1. The van der Waals surface area contributed by atoms with Crippen molar-refractivity contribution in [3.63, 3.8) is 0 Å². The van der Waals surface area contributed by atoms with Gasteiger partial charge in [-0.3, -0.25) is 52.9 Å². The summed E-state index contributed by atoms with van der Waals surface area (Å²) < 4.78 is 6.25. The number of aromatic nitrogens is 6. The molecule has 8 aromatic rings. The third kappa shape index (κ3) is 15.4. The van der Waals surface area contributed by atoms with Gasteiger partial charge < -0.3 is 62.7 Å². The molecule has 10 heterocycles. The molecule has 29 nitrogen and oxygen atoms in total. The molecule has 4 aliphatic rings. The van der Waals surface area contributed by atoms with E-state index in [0.717, 1.165) is 28.2 Å². The topological polar surface area (TPSA) is 424 Å². The predicted octanol–water partition coefficient (Wildman–Crippen LogP) is 5.04. The van der Waals surface area contributed by atoms with Gasteiger partial charge in [0, 0.05) is 46.8 Å². The second kappa shape index (κ2) is 29.8. The number of carbonyl (C=O) groups is 10. The summed E-state index contributed by atoms with van der Waals surface area (Å²) in [5, 5.41) is 34.8. The van der Waals surface area contributed by atoms with Crippen LogP contribution in [0.4, 0.5) is 0 Å². The minimum Gasteiger partial charge on any atom is -0.508 e. The van der Waals surface area contributed by atoms with Gasteiger partial charge in [0.15, 0.2) is 5.69 Å². The number of aryl methyl sites for hydroxylation is 1. The first-order valence-electron chi connectivity index (χ1n) is 31.3. The number of carbonyl (C=O) groups excluding carboxylic acids is 10. The number of thioether (sulfide) groups is 1. The number of thiazole rings is 4. The van der Waals surface area contributed by atoms with E-state index < -0.39 is 108 Å². The van der Waals surface area contributed by atoms with E-state index >= 15 is 4.79 Å². The number of hydrogen-bond donors (Lipinski definition) is 9. The summed E-state index contributed by atoms with van der Waals surface area (Å²) in [6, 6.07) is 12.5. The fraction of sp³-hybridized carbons (Fsp3) is 0.288. The minimum absolute atomic E-state index is 0.0317. The van der Waals surface area contributed by atoms with Gasteiger partial charge in [0.1, 0.15) is 84.2 Å². The lowest BCUT2D eigenvalue weighted by atomic mass is 10.0. The lowest BCUT2D eigenvalue weighted by Crippen LogP contribution is -2.53. The van der Waals surface area contributed by atoms with E-state index in [1.54, 1.807) is 34.5 Å². The number of aromatic hydroxyl groups is 1. The minimum atomic E-state index is -1.18. The van der Waals surface area contributed by atoms with Gasteiger partial charge in [-0.15, -0.1) is 57.1 Å². The van der Waals surface area contributed by atoms with E-state index in [4.69, 9.17) is 35.8 Å². The molecule has 0 aliphatic carbocycles. The fourth-order valence-corrected chi connectivity index (χ4v) is 16.2. The molecule has 10 amide bonds. The molecule has 34 heteroatoms. The Morgan fingerprint density at radius 1 is 0.700 bits per heavy atom. The average molecular weight is 1450 g/mol. The SMILES string of the molecule is C=C(NC(=O)[C@@H]1CCCN1C(=O)[C@H](C)NC(=O)C(=C)NC(=O)c1csc(-c2ccc3c(n2)-c2csc(n2)-c2csc(n2)[C@@H]2CCCN2C(=O)[C@H](Cc2ccc(O)cc2)NC(=O)C2CSC(=N2)[C@H](Cc2ccccc2)NC(=O)c2csc(n2)[C@H](CC(N)=O)NC(=O)c2nc-3oc2C)n1)C(N)=O. The molecule has 100 heavy (non-hydrogen) atoms. The molecule has 0 saturated carbocycles. The molecule has 2 fully saturated rings. The van der Waals surface area contributed by atoms with Crippen LogP contribution in [-0.4, -0.2) is 158 Å². The van der Waals surface area contributed by atoms with Gasteiger partial charge in [-0.25, -0.2) is 29.9 Å². The van der Waals surface area contributed by atoms with Gasteiger partial charge in [-0.2, -0.15) is 0 Å². The summed E-state index contributed by atoms with van der Waals surface area (Å²) in [6.07, 6.45) is 1.91. The van der Waals surface area contributed by atoms with Gasteiger partial charge in [-0.1, -0.05) is 55.6 Å². The maximum Gasteiger partial charge on any atom is 0.275 e. The molecule has 0 spiro atoms. The van der Waals surface area contributed by atoms with E-state index in [2.05, 4.69) is 60.0 Å². The van der Waals surface area contributed by atoms with Crippen LogP contribution in [0, 0.1) is 6.92 Å². The monoisotopic (exact) mass is 1450 g/mol. The second-order valence-corrected chi connectivity index (χ2v) is 28.2. The Hall–Kier alpha value is -10.7. The van der Waals surface area contributed by atoms with Crippen LogP contribution in [0.3, 0.4) is 0 Å². The number of hydrogen-bond acceptors (Lipinski definition) is 24. The Morgan fingerprint density at radius 2 is 1.39 bits per heavy atom. The van der Waals surface area contributed by atoms with Gasteiger partial charge in [-0.05, 0) is 81.3 Å². The Bertz CT molecular complexity index is 4640. The van der Waals surface area contributed by atoms with Crippen LogP contribution in [0.15, 0.2) is 122 Å². The number of rotatable bonds is 15. The molecule has 514 valence electrons. The number of nitrogens with zero attached hydrogens (tertiary/aromatic N) is 9. The van der Waals surface area contributed by atoms with Gasteiger partial charge in [0.2, 0.25) is 35.4 Å². The molecule has 12 rings (SSSR count). The smallest absolute Gasteiger partial charge is 0.275 e. The van der Waals surface area contributed by atoms with Crippen LogP contribution in [0.2, 0.25) is 0 Å². The number of nitrogens with one attached hydrogen (secondary N) is 6. The molecule has 1 unspecified atom stereocenters. The van der Waals surface area contributed by atoms with Gasteiger partial charge in [0.05, 0.1) is 52.2 Å². The fourth-order valence-electron chi connectivity index (χ4n) is 11.7. The van der Waals surface area contributed by atoms with Crippen molar-refractivity contribution in [2.75, 3.05) is 18.8 Å². The van der Waals surface area contributed by atoms with Crippen LogP contribution in [0.25, 0.3) is 44.2 Å². The lowest BCUT2D eigenvalue weighted by molar-refractivity contribution is -0.140. The largest absolute Gasteiger partial charge is 0.508 e. The number of pyridine rings is 1. The highest BCUT2D eigenvalue weighted by Crippen LogP contribution is 2.40. The van der Waals surface area contributed by atoms with Crippen LogP contribution < -0.4 is 43.4 Å². The third-order valence-electron chi connectivity index (χ3n) is 16.7. The van der Waals surface area contributed by atoms with Crippen molar-refractivity contribution < 1.29 is 57.5 Å². The molecule has 2 saturated heterocycles. The van der Waals surface area contributed by atoms with E-state index in [1.807, 2.05) is 35.7 Å². The summed E-state index contributed by atoms with van der Waals surface area (Å²) in [6.45, 7) is 10.6. The lowest BCUT2D eigenvalue weighted by Gasteiger charge is -2.29. The van der Waals surface area contributed by atoms with Crippen molar-refractivity contribution in [3.8, 4) is 50.0 Å². The highest BCUT2D eigenvalue weighted by atomic mass is 32.2. The first-order chi connectivity index (χ1) is 48.0. The first kappa shape index (κ1) is 69.2. The number of phenols is 1. The Kier molecular flexibility index (Phi) is 20.6. The van der Waals surface area contributed by atoms with Crippen molar-refractivity contribution in [3.05, 3.63) is 157 Å². The van der Waals surface area contributed by atoms with Crippen LogP contribution in [-0.2, 0) is 46.4 Å². The highest BCUT2D eigenvalue weighted by molar-refractivity contribution is 8.14. The zero-order chi connectivity index (χ0) is 70.6. The molecule has 10 bridgehead atoms. The molecular weight excluding hydrogens is 1380 g/mol. The quantitative estimate of drug-likeness (QED) is 0.0607. The molecule has 7 atom stereocenters.